The highest BCUT2D eigenvalue weighted by Crippen LogP contribution is 2.29. The van der Waals surface area contributed by atoms with Crippen LogP contribution in [0.2, 0.25) is 0 Å². The van der Waals surface area contributed by atoms with E-state index in [1.165, 1.54) is 13.2 Å². The molecule has 1 aromatic carbocycles. The van der Waals surface area contributed by atoms with E-state index in [0.717, 1.165) is 6.92 Å². The van der Waals surface area contributed by atoms with Gasteiger partial charge in [0.1, 0.15) is 0 Å². The Hall–Kier alpha value is -1.00. The van der Waals surface area contributed by atoms with Gasteiger partial charge in [0.15, 0.2) is 0 Å². The van der Waals surface area contributed by atoms with Gasteiger partial charge in [0.05, 0.1) is 7.11 Å². The van der Waals surface area contributed by atoms with Gasteiger partial charge in [-0.25, -0.2) is 8.78 Å². The lowest BCUT2D eigenvalue weighted by molar-refractivity contribution is 0.0151. The van der Waals surface area contributed by atoms with Crippen LogP contribution in [0.25, 0.3) is 0 Å². The number of rotatable bonds is 4. The minimum Gasteiger partial charge on any atom is -0.305 e. The number of hydroxylamine groups is 1. The fourth-order valence-electron chi connectivity index (χ4n) is 1.25. The van der Waals surface area contributed by atoms with Crippen LogP contribution >= 0.6 is 0 Å². The minimum absolute atomic E-state index is 0.0320. The summed E-state index contributed by atoms with van der Waals surface area (Å²) in [5.41, 5.74) is 3.12. The lowest BCUT2D eigenvalue weighted by Gasteiger charge is -2.15. The molecule has 2 nitrogen and oxygen atoms in total. The molecule has 1 aromatic rings. The lowest BCUT2D eigenvalue weighted by Crippen LogP contribution is -2.17. The molecule has 1 N–H and O–H groups in total. The van der Waals surface area contributed by atoms with Crippen LogP contribution in [-0.4, -0.2) is 7.11 Å². The maximum absolute atomic E-state index is 13.1. The number of hydrogen-bond donors (Lipinski definition) is 1. The van der Waals surface area contributed by atoms with Gasteiger partial charge >= 0.3 is 0 Å². The maximum Gasteiger partial charge on any atom is 0.270 e. The molecule has 0 spiro atoms. The van der Waals surface area contributed by atoms with Gasteiger partial charge in [0, 0.05) is 19.0 Å². The minimum atomic E-state index is -2.81. The summed E-state index contributed by atoms with van der Waals surface area (Å²) in [5, 5.41) is 0. The second-order valence-corrected chi connectivity index (χ2v) is 3.07. The molecule has 0 aromatic heterocycles. The van der Waals surface area contributed by atoms with Crippen molar-refractivity contribution >= 4 is 0 Å². The van der Waals surface area contributed by atoms with Crippen molar-refractivity contribution in [2.45, 2.75) is 19.4 Å². The molecule has 78 valence electrons. The molecule has 0 fully saturated rings. The Kier molecular flexibility index (Phi) is 3.55. The van der Waals surface area contributed by atoms with Crippen LogP contribution in [0.5, 0.6) is 0 Å². The van der Waals surface area contributed by atoms with Gasteiger partial charge in [-0.3, -0.25) is 0 Å². The Morgan fingerprint density at radius 2 is 2.00 bits per heavy atom. The second-order valence-electron chi connectivity index (χ2n) is 3.07. The summed E-state index contributed by atoms with van der Waals surface area (Å²) in [6.07, 6.45) is 0. The van der Waals surface area contributed by atoms with Crippen LogP contribution in [0.4, 0.5) is 8.78 Å². The van der Waals surface area contributed by atoms with Gasteiger partial charge in [-0.05, 0) is 5.56 Å². The normalized spacial score (nSPS) is 11.7. The Balaban J connectivity index is 2.92. The van der Waals surface area contributed by atoms with Crippen molar-refractivity contribution in [1.29, 1.82) is 0 Å². The monoisotopic (exact) mass is 201 g/mol. The van der Waals surface area contributed by atoms with Crippen molar-refractivity contribution in [1.82, 2.24) is 5.48 Å². The third-order valence-corrected chi connectivity index (χ3v) is 1.90. The number of halogens is 2. The van der Waals surface area contributed by atoms with E-state index in [9.17, 15) is 8.78 Å². The van der Waals surface area contributed by atoms with E-state index in [4.69, 9.17) is 0 Å². The summed E-state index contributed by atoms with van der Waals surface area (Å²) in [6, 6.07) is 6.40. The SMILES string of the molecule is CONCc1ccccc1C(C)(F)F. The standard InChI is InChI=1S/C10H13F2NO/c1-10(11,12)9-6-4-3-5-8(9)7-13-14-2/h3-6,13H,7H2,1-2H3. The summed E-state index contributed by atoms with van der Waals surface area (Å²) < 4.78 is 26.1. The van der Waals surface area contributed by atoms with Crippen molar-refractivity contribution in [3.63, 3.8) is 0 Å². The fraction of sp³-hybridized carbons (Fsp3) is 0.400. The molecule has 0 bridgehead atoms. The molecule has 0 aliphatic rings. The first-order chi connectivity index (χ1) is 6.55. The molecule has 0 saturated heterocycles. The molecule has 0 amide bonds. The fourth-order valence-corrected chi connectivity index (χ4v) is 1.25. The van der Waals surface area contributed by atoms with Crippen LogP contribution in [0, 0.1) is 0 Å². The molecule has 4 heteroatoms. The molecule has 1 rings (SSSR count). The summed E-state index contributed by atoms with van der Waals surface area (Å²) in [4.78, 5) is 4.62. The molecule has 0 radical (unpaired) electrons. The van der Waals surface area contributed by atoms with E-state index in [1.54, 1.807) is 18.2 Å². The quantitative estimate of drug-likeness (QED) is 0.755. The van der Waals surface area contributed by atoms with E-state index >= 15 is 0 Å². The zero-order chi connectivity index (χ0) is 10.6. The molecule has 0 unspecified atom stereocenters. The summed E-state index contributed by atoms with van der Waals surface area (Å²) >= 11 is 0. The van der Waals surface area contributed by atoms with Crippen LogP contribution < -0.4 is 5.48 Å². The van der Waals surface area contributed by atoms with Gasteiger partial charge in [-0.15, -0.1) is 0 Å². The average molecular weight is 201 g/mol. The first kappa shape index (κ1) is 11.1. The first-order valence-corrected chi connectivity index (χ1v) is 4.27. The van der Waals surface area contributed by atoms with Gasteiger partial charge in [-0.1, -0.05) is 24.3 Å². The van der Waals surface area contributed by atoms with E-state index in [0.29, 0.717) is 5.56 Å². The second kappa shape index (κ2) is 4.48. The predicted octanol–water partition coefficient (Wildman–Crippen LogP) is 2.45. The molecule has 0 aliphatic heterocycles. The smallest absolute Gasteiger partial charge is 0.270 e. The maximum atomic E-state index is 13.1. The van der Waals surface area contributed by atoms with Gasteiger partial charge < -0.3 is 4.84 Å². The number of benzene rings is 1. The van der Waals surface area contributed by atoms with E-state index in [-0.39, 0.29) is 12.1 Å². The van der Waals surface area contributed by atoms with Gasteiger partial charge in [0.25, 0.3) is 5.92 Å². The molecular formula is C10H13F2NO. The average Bonchev–Trinajstić information content (AvgIpc) is 2.14. The topological polar surface area (TPSA) is 21.3 Å². The van der Waals surface area contributed by atoms with E-state index in [2.05, 4.69) is 10.3 Å². The number of alkyl halides is 2. The zero-order valence-corrected chi connectivity index (χ0v) is 8.18. The molecule has 0 atom stereocenters. The van der Waals surface area contributed by atoms with Crippen molar-refractivity contribution in [2.24, 2.45) is 0 Å². The van der Waals surface area contributed by atoms with Crippen molar-refractivity contribution < 1.29 is 13.6 Å². The van der Waals surface area contributed by atoms with Crippen molar-refractivity contribution in [2.75, 3.05) is 7.11 Å². The van der Waals surface area contributed by atoms with Crippen LogP contribution in [0.15, 0.2) is 24.3 Å². The largest absolute Gasteiger partial charge is 0.305 e. The van der Waals surface area contributed by atoms with Crippen molar-refractivity contribution in [3.05, 3.63) is 35.4 Å². The number of hydrogen-bond acceptors (Lipinski definition) is 2. The van der Waals surface area contributed by atoms with E-state index in [1.807, 2.05) is 0 Å². The predicted molar refractivity (Wildman–Crippen MR) is 49.9 cm³/mol. The summed E-state index contributed by atoms with van der Waals surface area (Å²) in [5.74, 6) is -2.81. The zero-order valence-electron chi connectivity index (χ0n) is 8.18. The Labute approximate surface area is 81.8 Å². The highest BCUT2D eigenvalue weighted by atomic mass is 19.3. The van der Waals surface area contributed by atoms with Gasteiger partial charge in [-0.2, -0.15) is 5.48 Å². The summed E-state index contributed by atoms with van der Waals surface area (Å²) in [7, 11) is 1.45. The Morgan fingerprint density at radius 3 is 2.57 bits per heavy atom. The van der Waals surface area contributed by atoms with Crippen molar-refractivity contribution in [3.8, 4) is 0 Å². The molecule has 0 heterocycles. The first-order valence-electron chi connectivity index (χ1n) is 4.27. The molecule has 0 aliphatic carbocycles. The third kappa shape index (κ3) is 2.75. The molecule has 14 heavy (non-hydrogen) atoms. The molecular weight excluding hydrogens is 188 g/mol. The number of nitrogens with one attached hydrogen (secondary N) is 1. The third-order valence-electron chi connectivity index (χ3n) is 1.90. The van der Waals surface area contributed by atoms with E-state index < -0.39 is 5.92 Å². The lowest BCUT2D eigenvalue weighted by atomic mass is 10.0. The Morgan fingerprint density at radius 1 is 1.36 bits per heavy atom. The van der Waals surface area contributed by atoms with Crippen LogP contribution in [0.1, 0.15) is 18.1 Å². The summed E-state index contributed by atoms with van der Waals surface area (Å²) in [6.45, 7) is 1.16. The molecule has 0 saturated carbocycles. The van der Waals surface area contributed by atoms with Gasteiger partial charge in [0.2, 0.25) is 0 Å². The highest BCUT2D eigenvalue weighted by Gasteiger charge is 2.26. The van der Waals surface area contributed by atoms with Crippen LogP contribution in [0.3, 0.4) is 0 Å². The highest BCUT2D eigenvalue weighted by molar-refractivity contribution is 5.30. The van der Waals surface area contributed by atoms with Crippen LogP contribution in [-0.2, 0) is 17.3 Å². The Bertz CT molecular complexity index is 296.